The third kappa shape index (κ3) is 0.538. The zero-order valence-electron chi connectivity index (χ0n) is 4.47. The monoisotopic (exact) mass is 114 g/mol. The molecule has 0 radical (unpaired) electrons. The van der Waals surface area contributed by atoms with E-state index in [1.807, 2.05) is 0 Å². The first-order valence-electron chi connectivity index (χ1n) is 2.25. The second-order valence-corrected chi connectivity index (χ2v) is 1.67. The van der Waals surface area contributed by atoms with Crippen molar-refractivity contribution < 1.29 is 9.59 Å². The summed E-state index contributed by atoms with van der Waals surface area (Å²) in [6.45, 7) is 0.345. The molecule has 1 aliphatic rings. The van der Waals surface area contributed by atoms with E-state index in [0.29, 0.717) is 6.67 Å². The van der Waals surface area contributed by atoms with Gasteiger partial charge < -0.3 is 10.2 Å². The molecular weight excluding hydrogens is 108 g/mol. The smallest absolute Gasteiger partial charge is 0.313 e. The first kappa shape index (κ1) is 5.08. The summed E-state index contributed by atoms with van der Waals surface area (Å²) >= 11 is 0. The van der Waals surface area contributed by atoms with Crippen molar-refractivity contribution in [1.82, 2.24) is 10.2 Å². The van der Waals surface area contributed by atoms with E-state index >= 15 is 0 Å². The molecule has 0 saturated carbocycles. The molecule has 0 spiro atoms. The molecule has 1 N–H and O–H groups in total. The summed E-state index contributed by atoms with van der Waals surface area (Å²) in [4.78, 5) is 22.0. The summed E-state index contributed by atoms with van der Waals surface area (Å²) < 4.78 is 0. The molecule has 0 bridgehead atoms. The first-order valence-corrected chi connectivity index (χ1v) is 2.25. The zero-order chi connectivity index (χ0) is 6.15. The van der Waals surface area contributed by atoms with E-state index in [1.54, 1.807) is 7.05 Å². The molecule has 2 amide bonds. The van der Waals surface area contributed by atoms with Gasteiger partial charge in [-0.2, -0.15) is 0 Å². The van der Waals surface area contributed by atoms with Gasteiger partial charge in [0.05, 0.1) is 6.67 Å². The first-order chi connectivity index (χ1) is 3.72. The SMILES string of the molecule is CN1CNC(=O)C1=O. The number of hydrogen-bond acceptors (Lipinski definition) is 2. The van der Waals surface area contributed by atoms with Gasteiger partial charge in [-0.25, -0.2) is 0 Å². The highest BCUT2D eigenvalue weighted by Gasteiger charge is 2.24. The highest BCUT2D eigenvalue weighted by molar-refractivity contribution is 6.36. The highest BCUT2D eigenvalue weighted by Crippen LogP contribution is 1.89. The molecule has 0 atom stereocenters. The highest BCUT2D eigenvalue weighted by atomic mass is 16.2. The van der Waals surface area contributed by atoms with E-state index in [4.69, 9.17) is 0 Å². The number of hydrogen-bond donors (Lipinski definition) is 1. The Morgan fingerprint density at radius 1 is 1.62 bits per heavy atom. The van der Waals surface area contributed by atoms with E-state index in [9.17, 15) is 9.59 Å². The maximum atomic E-state index is 10.4. The van der Waals surface area contributed by atoms with Gasteiger partial charge in [-0.3, -0.25) is 9.59 Å². The lowest BCUT2D eigenvalue weighted by Gasteiger charge is -2.00. The van der Waals surface area contributed by atoms with E-state index in [0.717, 1.165) is 0 Å². The van der Waals surface area contributed by atoms with Crippen molar-refractivity contribution in [3.05, 3.63) is 0 Å². The molecule has 1 fully saturated rings. The van der Waals surface area contributed by atoms with Crippen molar-refractivity contribution in [2.75, 3.05) is 13.7 Å². The summed E-state index contributed by atoms with van der Waals surface area (Å²) in [5.74, 6) is -0.961. The molecule has 1 heterocycles. The van der Waals surface area contributed by atoms with Crippen LogP contribution in [0.3, 0.4) is 0 Å². The largest absolute Gasteiger partial charge is 0.330 e. The molecule has 44 valence electrons. The van der Waals surface area contributed by atoms with Crippen LogP contribution in [0.15, 0.2) is 0 Å². The average Bonchev–Trinajstić information content (AvgIpc) is 1.98. The van der Waals surface area contributed by atoms with Gasteiger partial charge in [0.1, 0.15) is 0 Å². The van der Waals surface area contributed by atoms with E-state index in [-0.39, 0.29) is 0 Å². The predicted molar refractivity (Wildman–Crippen MR) is 25.8 cm³/mol. The van der Waals surface area contributed by atoms with Gasteiger partial charge in [0.25, 0.3) is 0 Å². The van der Waals surface area contributed by atoms with Gasteiger partial charge in [0.15, 0.2) is 0 Å². The van der Waals surface area contributed by atoms with Crippen molar-refractivity contribution in [2.24, 2.45) is 0 Å². The molecule has 4 heteroatoms. The van der Waals surface area contributed by atoms with Gasteiger partial charge in [-0.15, -0.1) is 0 Å². The Labute approximate surface area is 46.5 Å². The fourth-order valence-corrected chi connectivity index (χ4v) is 0.511. The minimum absolute atomic E-state index is 0.345. The molecular formula is C4H6N2O2. The average molecular weight is 114 g/mol. The van der Waals surface area contributed by atoms with Crippen LogP contribution in [-0.4, -0.2) is 30.4 Å². The second kappa shape index (κ2) is 1.47. The van der Waals surface area contributed by atoms with Crippen LogP contribution in [0.25, 0.3) is 0 Å². The van der Waals surface area contributed by atoms with E-state index < -0.39 is 11.8 Å². The zero-order valence-corrected chi connectivity index (χ0v) is 4.47. The van der Waals surface area contributed by atoms with E-state index in [1.165, 1.54) is 4.90 Å². The molecule has 1 aliphatic heterocycles. The van der Waals surface area contributed by atoms with Crippen LogP contribution in [0.1, 0.15) is 0 Å². The van der Waals surface area contributed by atoms with Crippen LogP contribution in [0, 0.1) is 0 Å². The summed E-state index contributed by atoms with van der Waals surface area (Å²) in [6.07, 6.45) is 0. The lowest BCUT2D eigenvalue weighted by molar-refractivity contribution is -0.139. The van der Waals surface area contributed by atoms with Crippen LogP contribution >= 0.6 is 0 Å². The fraction of sp³-hybridized carbons (Fsp3) is 0.500. The Balaban J connectivity index is 2.71. The minimum Gasteiger partial charge on any atom is -0.330 e. The minimum atomic E-state index is -0.507. The summed E-state index contributed by atoms with van der Waals surface area (Å²) in [5, 5.41) is 2.36. The van der Waals surface area contributed by atoms with Crippen molar-refractivity contribution in [3.63, 3.8) is 0 Å². The number of carbonyl (C=O) groups is 2. The third-order valence-electron chi connectivity index (χ3n) is 1.02. The number of carbonyl (C=O) groups excluding carboxylic acids is 2. The fourth-order valence-electron chi connectivity index (χ4n) is 0.511. The molecule has 0 unspecified atom stereocenters. The van der Waals surface area contributed by atoms with Crippen molar-refractivity contribution >= 4 is 11.8 Å². The molecule has 0 aromatic carbocycles. The molecule has 0 aromatic rings. The van der Waals surface area contributed by atoms with Gasteiger partial charge in [-0.1, -0.05) is 0 Å². The Kier molecular flexibility index (Phi) is 0.932. The number of nitrogens with one attached hydrogen (secondary N) is 1. The van der Waals surface area contributed by atoms with Crippen LogP contribution in [0.5, 0.6) is 0 Å². The summed E-state index contributed by atoms with van der Waals surface area (Å²) in [5.41, 5.74) is 0. The summed E-state index contributed by atoms with van der Waals surface area (Å²) in [6, 6.07) is 0. The van der Waals surface area contributed by atoms with Crippen molar-refractivity contribution in [2.45, 2.75) is 0 Å². The molecule has 1 rings (SSSR count). The maximum absolute atomic E-state index is 10.4. The maximum Gasteiger partial charge on any atom is 0.313 e. The Bertz CT molecular complexity index is 143. The van der Waals surface area contributed by atoms with Crippen molar-refractivity contribution in [1.29, 1.82) is 0 Å². The molecule has 0 aromatic heterocycles. The standard InChI is InChI=1S/C4H6N2O2/c1-6-2-5-3(7)4(6)8/h2H2,1H3,(H,5,7). The lowest BCUT2D eigenvalue weighted by atomic mass is 10.6. The summed E-state index contributed by atoms with van der Waals surface area (Å²) in [7, 11) is 1.57. The van der Waals surface area contributed by atoms with Crippen LogP contribution in [0.2, 0.25) is 0 Å². The van der Waals surface area contributed by atoms with Crippen LogP contribution in [-0.2, 0) is 9.59 Å². The van der Waals surface area contributed by atoms with Crippen LogP contribution < -0.4 is 5.32 Å². The molecule has 8 heavy (non-hydrogen) atoms. The lowest BCUT2D eigenvalue weighted by Crippen LogP contribution is -2.22. The third-order valence-corrected chi connectivity index (χ3v) is 1.02. The normalized spacial score (nSPS) is 19.4. The molecule has 4 nitrogen and oxygen atoms in total. The van der Waals surface area contributed by atoms with Crippen molar-refractivity contribution in [3.8, 4) is 0 Å². The van der Waals surface area contributed by atoms with E-state index in [2.05, 4.69) is 5.32 Å². The number of nitrogens with zero attached hydrogens (tertiary/aromatic N) is 1. The molecule has 0 aliphatic carbocycles. The molecule has 1 saturated heterocycles. The Morgan fingerprint density at radius 2 is 2.25 bits per heavy atom. The van der Waals surface area contributed by atoms with Gasteiger partial charge in [0, 0.05) is 7.05 Å². The predicted octanol–water partition coefficient (Wildman–Crippen LogP) is -1.47. The van der Waals surface area contributed by atoms with Gasteiger partial charge in [-0.05, 0) is 0 Å². The van der Waals surface area contributed by atoms with Gasteiger partial charge >= 0.3 is 11.8 Å². The second-order valence-electron chi connectivity index (χ2n) is 1.67. The topological polar surface area (TPSA) is 49.4 Å². The quantitative estimate of drug-likeness (QED) is 0.391. The van der Waals surface area contributed by atoms with Gasteiger partial charge in [0.2, 0.25) is 0 Å². The number of rotatable bonds is 0. The number of likely N-dealkylation sites (N-methyl/N-ethyl adjacent to an activating group) is 1. The van der Waals surface area contributed by atoms with Crippen LogP contribution in [0.4, 0.5) is 0 Å². The Hall–Kier alpha value is -1.06. The number of amides is 2. The Morgan fingerprint density at radius 3 is 2.38 bits per heavy atom.